The van der Waals surface area contributed by atoms with E-state index in [0.29, 0.717) is 16.1 Å². The molecule has 0 aliphatic heterocycles. The molecule has 0 aliphatic carbocycles. The third kappa shape index (κ3) is 3.09. The lowest BCUT2D eigenvalue weighted by Gasteiger charge is -2.28. The zero-order chi connectivity index (χ0) is 11.8. The van der Waals surface area contributed by atoms with E-state index in [1.54, 1.807) is 19.1 Å². The molecule has 1 aromatic rings. The molecule has 2 N–H and O–H groups in total. The molecule has 0 aromatic heterocycles. The summed E-state index contributed by atoms with van der Waals surface area (Å²) in [6.07, 6.45) is 0. The van der Waals surface area contributed by atoms with Gasteiger partial charge in [-0.2, -0.15) is 0 Å². The van der Waals surface area contributed by atoms with E-state index in [-0.39, 0.29) is 23.6 Å². The van der Waals surface area contributed by atoms with Gasteiger partial charge in [0.1, 0.15) is 5.82 Å². The van der Waals surface area contributed by atoms with Crippen LogP contribution in [0.1, 0.15) is 37.9 Å². The minimum atomic E-state index is -0.398. The van der Waals surface area contributed by atoms with Gasteiger partial charge in [-0.3, -0.25) is 0 Å². The molecule has 0 saturated heterocycles. The highest BCUT2D eigenvalue weighted by Crippen LogP contribution is 2.36. The van der Waals surface area contributed by atoms with Crippen LogP contribution < -0.4 is 5.73 Å². The third-order valence-corrected chi connectivity index (χ3v) is 2.89. The molecule has 0 saturated carbocycles. The van der Waals surface area contributed by atoms with Gasteiger partial charge in [-0.25, -0.2) is 4.39 Å². The zero-order valence-corrected chi connectivity index (χ0v) is 11.5. The van der Waals surface area contributed by atoms with Gasteiger partial charge in [-0.15, -0.1) is 12.4 Å². The fraction of sp³-hybridized carbons (Fsp3) is 0.500. The van der Waals surface area contributed by atoms with E-state index in [1.165, 1.54) is 0 Å². The Morgan fingerprint density at radius 2 is 1.81 bits per heavy atom. The topological polar surface area (TPSA) is 26.0 Å². The fourth-order valence-electron chi connectivity index (χ4n) is 1.40. The van der Waals surface area contributed by atoms with Crippen molar-refractivity contribution in [2.45, 2.75) is 33.7 Å². The molecule has 92 valence electrons. The van der Waals surface area contributed by atoms with Crippen molar-refractivity contribution in [1.29, 1.82) is 0 Å². The van der Waals surface area contributed by atoms with Crippen molar-refractivity contribution in [3.63, 3.8) is 0 Å². The summed E-state index contributed by atoms with van der Waals surface area (Å²) in [4.78, 5) is 0. The maximum Gasteiger partial charge on any atom is 0.132 e. The van der Waals surface area contributed by atoms with Gasteiger partial charge in [0, 0.05) is 16.6 Å². The second kappa shape index (κ2) is 5.35. The number of hydrogen-bond donors (Lipinski definition) is 1. The van der Waals surface area contributed by atoms with Gasteiger partial charge in [0.05, 0.1) is 0 Å². The van der Waals surface area contributed by atoms with Crippen molar-refractivity contribution in [1.82, 2.24) is 0 Å². The van der Waals surface area contributed by atoms with Crippen molar-refractivity contribution >= 4 is 24.0 Å². The summed E-state index contributed by atoms with van der Waals surface area (Å²) in [5, 5.41) is 0.403. The highest BCUT2D eigenvalue weighted by atomic mass is 35.5. The number of benzene rings is 1. The maximum atomic E-state index is 13.9. The van der Waals surface area contributed by atoms with Crippen LogP contribution in [-0.2, 0) is 0 Å². The highest BCUT2D eigenvalue weighted by Gasteiger charge is 2.27. The number of halogens is 3. The van der Waals surface area contributed by atoms with Gasteiger partial charge in [0.25, 0.3) is 0 Å². The first-order valence-electron chi connectivity index (χ1n) is 4.95. The van der Waals surface area contributed by atoms with Gasteiger partial charge in [-0.1, -0.05) is 38.4 Å². The molecule has 0 aliphatic rings. The second-order valence-corrected chi connectivity index (χ2v) is 5.34. The van der Waals surface area contributed by atoms with E-state index in [2.05, 4.69) is 0 Å². The Hall–Kier alpha value is -0.310. The predicted octanol–water partition coefficient (Wildman–Crippen LogP) is 4.26. The lowest BCUT2D eigenvalue weighted by Crippen LogP contribution is -2.27. The van der Waals surface area contributed by atoms with Crippen molar-refractivity contribution in [3.8, 4) is 0 Å². The van der Waals surface area contributed by atoms with Gasteiger partial charge in [-0.05, 0) is 24.0 Å². The Balaban J connectivity index is 0.00000225. The number of rotatable bonds is 1. The van der Waals surface area contributed by atoms with E-state index < -0.39 is 6.04 Å². The van der Waals surface area contributed by atoms with Crippen molar-refractivity contribution < 1.29 is 4.39 Å². The monoisotopic (exact) mass is 265 g/mol. The average molecular weight is 266 g/mol. The molecule has 0 heterocycles. The Morgan fingerprint density at radius 3 is 2.25 bits per heavy atom. The van der Waals surface area contributed by atoms with Crippen LogP contribution >= 0.6 is 24.0 Å². The summed E-state index contributed by atoms with van der Waals surface area (Å²) in [6, 6.07) is 2.96. The molecule has 0 spiro atoms. The number of aryl methyl sites for hydroxylation is 1. The summed E-state index contributed by atoms with van der Waals surface area (Å²) in [5.74, 6) is -0.287. The Bertz CT molecular complexity index is 372. The minimum Gasteiger partial charge on any atom is -0.323 e. The standard InChI is InChI=1S/C12H17ClFN.ClH/c1-7-5-6-8(13)9(10(7)14)11(15)12(2,3)4;/h5-6,11H,15H2,1-4H3;1H/t11-;/m1./s1. The molecule has 1 aromatic carbocycles. The van der Waals surface area contributed by atoms with E-state index in [1.807, 2.05) is 20.8 Å². The zero-order valence-electron chi connectivity index (χ0n) is 9.97. The van der Waals surface area contributed by atoms with Crippen LogP contribution in [0.4, 0.5) is 4.39 Å². The molecule has 0 radical (unpaired) electrons. The van der Waals surface area contributed by atoms with E-state index >= 15 is 0 Å². The molecular formula is C12H18Cl2FN. The summed E-state index contributed by atoms with van der Waals surface area (Å²) >= 11 is 5.98. The lowest BCUT2D eigenvalue weighted by atomic mass is 9.82. The van der Waals surface area contributed by atoms with Crippen molar-refractivity contribution in [3.05, 3.63) is 34.1 Å². The Kier molecular flexibility index (Phi) is 5.24. The normalized spacial score (nSPS) is 13.2. The largest absolute Gasteiger partial charge is 0.323 e. The minimum absolute atomic E-state index is 0. The molecule has 16 heavy (non-hydrogen) atoms. The van der Waals surface area contributed by atoms with Gasteiger partial charge in [0.15, 0.2) is 0 Å². The van der Waals surface area contributed by atoms with Crippen LogP contribution in [0.5, 0.6) is 0 Å². The van der Waals surface area contributed by atoms with Crippen LogP contribution in [0.15, 0.2) is 12.1 Å². The summed E-state index contributed by atoms with van der Waals surface area (Å²) < 4.78 is 13.9. The van der Waals surface area contributed by atoms with Crippen LogP contribution in [0.2, 0.25) is 5.02 Å². The lowest BCUT2D eigenvalue weighted by molar-refractivity contribution is 0.319. The summed E-state index contributed by atoms with van der Waals surface area (Å²) in [5.41, 5.74) is 6.81. The van der Waals surface area contributed by atoms with Crippen LogP contribution in [0, 0.1) is 18.2 Å². The van der Waals surface area contributed by atoms with E-state index in [4.69, 9.17) is 17.3 Å². The van der Waals surface area contributed by atoms with Gasteiger partial charge < -0.3 is 5.73 Å². The Labute approximate surface area is 108 Å². The van der Waals surface area contributed by atoms with E-state index in [9.17, 15) is 4.39 Å². The molecular weight excluding hydrogens is 248 g/mol. The highest BCUT2D eigenvalue weighted by molar-refractivity contribution is 6.31. The maximum absolute atomic E-state index is 13.9. The molecule has 0 unspecified atom stereocenters. The first-order chi connectivity index (χ1) is 6.75. The first kappa shape index (κ1) is 15.7. The SMILES string of the molecule is Cc1ccc(Cl)c([C@@H](N)C(C)(C)C)c1F.Cl. The van der Waals surface area contributed by atoms with Crippen molar-refractivity contribution in [2.75, 3.05) is 0 Å². The molecule has 0 amide bonds. The quantitative estimate of drug-likeness (QED) is 0.807. The fourth-order valence-corrected chi connectivity index (χ4v) is 1.66. The Morgan fingerprint density at radius 1 is 1.31 bits per heavy atom. The molecule has 4 heteroatoms. The summed E-state index contributed by atoms with van der Waals surface area (Å²) in [7, 11) is 0. The van der Waals surface area contributed by atoms with Crippen LogP contribution in [0.25, 0.3) is 0 Å². The third-order valence-electron chi connectivity index (χ3n) is 2.56. The molecule has 1 nitrogen and oxygen atoms in total. The van der Waals surface area contributed by atoms with Crippen LogP contribution in [0.3, 0.4) is 0 Å². The smallest absolute Gasteiger partial charge is 0.132 e. The van der Waals surface area contributed by atoms with Crippen molar-refractivity contribution in [2.24, 2.45) is 11.1 Å². The molecule has 1 atom stereocenters. The first-order valence-corrected chi connectivity index (χ1v) is 5.33. The van der Waals surface area contributed by atoms with Gasteiger partial charge >= 0.3 is 0 Å². The summed E-state index contributed by atoms with van der Waals surface area (Å²) in [6.45, 7) is 7.62. The second-order valence-electron chi connectivity index (χ2n) is 4.94. The molecule has 1 rings (SSSR count). The van der Waals surface area contributed by atoms with Gasteiger partial charge in [0.2, 0.25) is 0 Å². The predicted molar refractivity (Wildman–Crippen MR) is 69.8 cm³/mol. The number of nitrogens with two attached hydrogens (primary N) is 1. The van der Waals surface area contributed by atoms with Crippen LogP contribution in [-0.4, -0.2) is 0 Å². The molecule has 0 bridgehead atoms. The molecule has 0 fully saturated rings. The average Bonchev–Trinajstić information content (AvgIpc) is 2.10. The number of hydrogen-bond acceptors (Lipinski definition) is 1. The van der Waals surface area contributed by atoms with E-state index in [0.717, 1.165) is 0 Å².